The van der Waals surface area contributed by atoms with Crippen LogP contribution in [-0.2, 0) is 0 Å². The monoisotopic (exact) mass is 500 g/mol. The van der Waals surface area contributed by atoms with Crippen molar-refractivity contribution in [2.75, 3.05) is 26.2 Å². The number of halogens is 1. The van der Waals surface area contributed by atoms with Gasteiger partial charge in [0.1, 0.15) is 22.8 Å². The first kappa shape index (κ1) is 24.4. The number of aromatic nitrogens is 6. The van der Waals surface area contributed by atoms with Crippen molar-refractivity contribution in [3.05, 3.63) is 59.6 Å². The molecule has 0 unspecified atom stereocenters. The number of nitriles is 1. The van der Waals surface area contributed by atoms with Crippen molar-refractivity contribution < 1.29 is 14.2 Å². The van der Waals surface area contributed by atoms with E-state index in [1.165, 1.54) is 12.1 Å². The van der Waals surface area contributed by atoms with Crippen LogP contribution in [0.25, 0.3) is 16.8 Å². The molecule has 37 heavy (non-hydrogen) atoms. The minimum atomic E-state index is -0.851. The summed E-state index contributed by atoms with van der Waals surface area (Å²) in [6, 6.07) is 6.92. The van der Waals surface area contributed by atoms with Crippen molar-refractivity contribution >= 4 is 5.52 Å². The number of terminal acetylenes is 1. The summed E-state index contributed by atoms with van der Waals surface area (Å²) < 4.78 is 23.1. The summed E-state index contributed by atoms with van der Waals surface area (Å²) >= 11 is 0. The lowest BCUT2D eigenvalue weighted by Crippen LogP contribution is -2.35. The maximum atomic E-state index is 13.4. The van der Waals surface area contributed by atoms with E-state index in [1.807, 2.05) is 17.8 Å². The van der Waals surface area contributed by atoms with Gasteiger partial charge >= 0.3 is 0 Å². The highest BCUT2D eigenvalue weighted by molar-refractivity contribution is 5.75. The summed E-state index contributed by atoms with van der Waals surface area (Å²) in [5, 5.41) is 32.3. The number of pyridine rings is 2. The summed E-state index contributed by atoms with van der Waals surface area (Å²) in [6.45, 7) is 3.69. The molecule has 1 N–H and O–H groups in total. The molecule has 10 nitrogen and oxygen atoms in total. The number of nitrogens with zero attached hydrogens (tertiary/aromatic N) is 8. The van der Waals surface area contributed by atoms with Gasteiger partial charge in [-0.15, -0.1) is 11.5 Å². The van der Waals surface area contributed by atoms with E-state index in [-0.39, 0.29) is 12.6 Å². The normalized spacial score (nSPS) is 15.4. The topological polar surface area (TPSA) is 117 Å². The van der Waals surface area contributed by atoms with Gasteiger partial charge in [0.05, 0.1) is 54.6 Å². The first-order valence-electron chi connectivity index (χ1n) is 11.9. The van der Waals surface area contributed by atoms with Gasteiger partial charge in [0.2, 0.25) is 0 Å². The van der Waals surface area contributed by atoms with Crippen LogP contribution in [0.5, 0.6) is 5.75 Å². The minimum Gasteiger partial charge on any atom is -0.479 e. The van der Waals surface area contributed by atoms with Gasteiger partial charge < -0.3 is 9.84 Å². The standard InChI is InChI=1S/C26H25FN8O2/c1-3-18-13-30-34-15-19(12-23(26(18)34)37-24(16-36)22-5-4-20(27)14-29-22)25-17(2)35(32-31-25)21-6-9-33(10-7-21)11-8-28/h1,4-5,12-15,21,24,36H,6-7,9-11,16H2,2H3/t24-/m1/s1. The third-order valence-corrected chi connectivity index (χ3v) is 6.65. The molecule has 0 amide bonds. The lowest BCUT2D eigenvalue weighted by molar-refractivity contribution is 0.114. The van der Waals surface area contributed by atoms with Crippen LogP contribution in [0.15, 0.2) is 36.8 Å². The number of aliphatic hydroxyl groups excluding tert-OH is 1. The first-order chi connectivity index (χ1) is 18.0. The van der Waals surface area contributed by atoms with Gasteiger partial charge in [0.15, 0.2) is 6.10 Å². The van der Waals surface area contributed by atoms with Crippen LogP contribution in [0.1, 0.15) is 41.9 Å². The highest BCUT2D eigenvalue weighted by Gasteiger charge is 2.25. The molecule has 5 rings (SSSR count). The summed E-state index contributed by atoms with van der Waals surface area (Å²) in [6.07, 6.45) is 11.1. The summed E-state index contributed by atoms with van der Waals surface area (Å²) in [4.78, 5) is 6.19. The predicted molar refractivity (Wildman–Crippen MR) is 132 cm³/mol. The van der Waals surface area contributed by atoms with Crippen molar-refractivity contribution in [2.45, 2.75) is 31.9 Å². The van der Waals surface area contributed by atoms with Crippen LogP contribution >= 0.6 is 0 Å². The molecule has 0 bridgehead atoms. The van der Waals surface area contributed by atoms with Crippen LogP contribution in [0.3, 0.4) is 0 Å². The van der Waals surface area contributed by atoms with Gasteiger partial charge in [-0.25, -0.2) is 13.6 Å². The smallest absolute Gasteiger partial charge is 0.163 e. The fraction of sp³-hybridized carbons (Fsp3) is 0.346. The fourth-order valence-corrected chi connectivity index (χ4v) is 4.71. The van der Waals surface area contributed by atoms with Crippen molar-refractivity contribution in [1.82, 2.24) is 34.5 Å². The van der Waals surface area contributed by atoms with Gasteiger partial charge in [-0.3, -0.25) is 9.88 Å². The molecule has 4 aromatic heterocycles. The first-order valence-corrected chi connectivity index (χ1v) is 11.9. The molecule has 11 heteroatoms. The number of hydrogen-bond acceptors (Lipinski definition) is 8. The number of likely N-dealkylation sites (tertiary alicyclic amines) is 1. The Morgan fingerprint density at radius 2 is 2.11 bits per heavy atom. The van der Waals surface area contributed by atoms with Gasteiger partial charge in [-0.1, -0.05) is 11.1 Å². The molecule has 0 radical (unpaired) electrons. The second kappa shape index (κ2) is 10.3. The van der Waals surface area contributed by atoms with Crippen LogP contribution < -0.4 is 4.74 Å². The zero-order valence-corrected chi connectivity index (χ0v) is 20.2. The average Bonchev–Trinajstić information content (AvgIpc) is 3.51. The van der Waals surface area contributed by atoms with Crippen LogP contribution in [0, 0.1) is 36.4 Å². The molecule has 0 aromatic carbocycles. The zero-order valence-electron chi connectivity index (χ0n) is 20.2. The van der Waals surface area contributed by atoms with Crippen molar-refractivity contribution in [2.24, 2.45) is 0 Å². The fourth-order valence-electron chi connectivity index (χ4n) is 4.71. The van der Waals surface area contributed by atoms with Gasteiger partial charge in [0.25, 0.3) is 0 Å². The van der Waals surface area contributed by atoms with E-state index in [0.29, 0.717) is 40.3 Å². The van der Waals surface area contributed by atoms with Crippen molar-refractivity contribution in [3.8, 4) is 35.4 Å². The highest BCUT2D eigenvalue weighted by Crippen LogP contribution is 2.34. The quantitative estimate of drug-likeness (QED) is 0.304. The molecular weight excluding hydrogens is 475 g/mol. The number of hydrogen-bond donors (Lipinski definition) is 1. The molecular formula is C26H25FN8O2. The molecule has 4 aromatic rings. The Labute approximate surface area is 212 Å². The molecule has 1 aliphatic heterocycles. The maximum Gasteiger partial charge on any atom is 0.163 e. The zero-order chi connectivity index (χ0) is 25.9. The van der Waals surface area contributed by atoms with Crippen LogP contribution in [0.4, 0.5) is 4.39 Å². The molecule has 0 spiro atoms. The van der Waals surface area contributed by atoms with Crippen LogP contribution in [0.2, 0.25) is 0 Å². The Morgan fingerprint density at radius 1 is 1.30 bits per heavy atom. The Kier molecular flexibility index (Phi) is 6.82. The van der Waals surface area contributed by atoms with Crippen molar-refractivity contribution in [3.63, 3.8) is 0 Å². The SMILES string of the molecule is C#Cc1cnn2cc(-c3nnn(C4CCN(CC#N)CC4)c3C)cc(O[C@H](CO)c3ccc(F)cn3)c12. The van der Waals surface area contributed by atoms with Gasteiger partial charge in [-0.2, -0.15) is 10.4 Å². The Hall–Kier alpha value is -4.32. The lowest BCUT2D eigenvalue weighted by Gasteiger charge is -2.30. The van der Waals surface area contributed by atoms with Gasteiger partial charge in [-0.05, 0) is 38.0 Å². The van der Waals surface area contributed by atoms with E-state index in [1.54, 1.807) is 16.8 Å². The number of aliphatic hydroxyl groups is 1. The molecule has 1 aliphatic rings. The van der Waals surface area contributed by atoms with E-state index < -0.39 is 11.9 Å². The molecule has 0 saturated carbocycles. The second-order valence-electron chi connectivity index (χ2n) is 8.91. The lowest BCUT2D eigenvalue weighted by atomic mass is 10.0. The number of ether oxygens (including phenoxy) is 1. The molecule has 5 heterocycles. The number of rotatable bonds is 7. The Bertz CT molecular complexity index is 1490. The van der Waals surface area contributed by atoms with E-state index >= 15 is 0 Å². The Balaban J connectivity index is 1.50. The van der Waals surface area contributed by atoms with Gasteiger partial charge in [0, 0.05) is 24.8 Å². The average molecular weight is 501 g/mol. The molecule has 0 aliphatic carbocycles. The van der Waals surface area contributed by atoms with Crippen molar-refractivity contribution in [1.29, 1.82) is 5.26 Å². The molecule has 1 saturated heterocycles. The number of fused-ring (bicyclic) bond motifs is 1. The largest absolute Gasteiger partial charge is 0.479 e. The predicted octanol–water partition coefficient (Wildman–Crippen LogP) is 2.69. The molecule has 1 fully saturated rings. The summed E-state index contributed by atoms with van der Waals surface area (Å²) in [5.41, 5.74) is 3.73. The van der Waals surface area contributed by atoms with E-state index in [0.717, 1.165) is 37.8 Å². The summed E-state index contributed by atoms with van der Waals surface area (Å²) in [7, 11) is 0. The van der Waals surface area contributed by atoms with E-state index in [9.17, 15) is 9.50 Å². The molecule has 188 valence electrons. The maximum absolute atomic E-state index is 13.4. The minimum absolute atomic E-state index is 0.191. The summed E-state index contributed by atoms with van der Waals surface area (Å²) in [5.74, 6) is 2.51. The van der Waals surface area contributed by atoms with Crippen LogP contribution in [-0.4, -0.2) is 65.8 Å². The molecule has 1 atom stereocenters. The van der Waals surface area contributed by atoms with E-state index in [4.69, 9.17) is 16.4 Å². The Morgan fingerprint density at radius 3 is 2.78 bits per heavy atom. The number of piperidine rings is 1. The third-order valence-electron chi connectivity index (χ3n) is 6.65. The highest BCUT2D eigenvalue weighted by atomic mass is 19.1. The van der Waals surface area contributed by atoms with E-state index in [2.05, 4.69) is 37.3 Å². The third kappa shape index (κ3) is 4.75. The second-order valence-corrected chi connectivity index (χ2v) is 8.91.